The third-order valence-electron chi connectivity index (χ3n) is 6.47. The molecule has 0 unspecified atom stereocenters. The molecule has 1 heterocycles. The molecule has 0 radical (unpaired) electrons. The molecular weight excluding hydrogens is 506 g/mol. The van der Waals surface area contributed by atoms with Crippen LogP contribution in [0.25, 0.3) is 10.2 Å². The number of nitrogens with one attached hydrogen (secondary N) is 2. The third kappa shape index (κ3) is 4.94. The number of amides is 2. The van der Waals surface area contributed by atoms with Crippen molar-refractivity contribution in [3.8, 4) is 0 Å². The number of allylic oxidation sites excluding steroid dienone is 2. The highest BCUT2D eigenvalue weighted by molar-refractivity contribution is 8.01. The van der Waals surface area contributed by atoms with E-state index in [0.29, 0.717) is 22.8 Å². The van der Waals surface area contributed by atoms with Gasteiger partial charge in [-0.25, -0.2) is 4.98 Å². The van der Waals surface area contributed by atoms with Gasteiger partial charge in [-0.2, -0.15) is 0 Å². The molecule has 0 saturated heterocycles. The minimum Gasteiger partial charge on any atom is -0.481 e. The first-order valence-electron chi connectivity index (χ1n) is 11.1. The van der Waals surface area contributed by atoms with Crippen LogP contribution in [0.4, 0.5) is 11.4 Å². The number of aryl methyl sites for hydroxylation is 1. The Labute approximate surface area is 215 Å². The van der Waals surface area contributed by atoms with Crippen molar-refractivity contribution in [1.29, 1.82) is 0 Å². The first-order valence-corrected chi connectivity index (χ1v) is 13.3. The number of carbonyl (C=O) groups is 3. The van der Waals surface area contributed by atoms with Crippen LogP contribution in [-0.4, -0.2) is 33.6 Å². The Hall–Kier alpha value is -2.88. The molecule has 180 valence electrons. The van der Waals surface area contributed by atoms with E-state index in [-0.39, 0.29) is 29.4 Å². The van der Waals surface area contributed by atoms with E-state index < -0.39 is 17.8 Å². The highest BCUT2D eigenvalue weighted by Crippen LogP contribution is 2.48. The average molecular weight is 528 g/mol. The molecule has 0 aliphatic heterocycles. The van der Waals surface area contributed by atoms with E-state index in [9.17, 15) is 19.5 Å². The lowest BCUT2D eigenvalue weighted by molar-refractivity contribution is -0.146. The maximum absolute atomic E-state index is 13.0. The fourth-order valence-corrected chi connectivity index (χ4v) is 6.87. The Morgan fingerprint density at radius 2 is 1.80 bits per heavy atom. The van der Waals surface area contributed by atoms with Gasteiger partial charge in [0.1, 0.15) is 0 Å². The average Bonchev–Trinajstić information content (AvgIpc) is 3.54. The summed E-state index contributed by atoms with van der Waals surface area (Å²) >= 11 is 8.88. The quantitative estimate of drug-likeness (QED) is 0.278. The summed E-state index contributed by atoms with van der Waals surface area (Å²) in [5.41, 5.74) is 2.96. The topological polar surface area (TPSA) is 108 Å². The number of thiazole rings is 1. The van der Waals surface area contributed by atoms with Gasteiger partial charge < -0.3 is 15.7 Å². The largest absolute Gasteiger partial charge is 0.481 e. The van der Waals surface area contributed by atoms with Crippen molar-refractivity contribution in [1.82, 2.24) is 4.98 Å². The number of fused-ring (bicyclic) bond motifs is 3. The van der Waals surface area contributed by atoms with Crippen LogP contribution in [-0.2, 0) is 14.4 Å². The van der Waals surface area contributed by atoms with E-state index in [4.69, 9.17) is 11.6 Å². The molecule has 2 aliphatic rings. The molecule has 3 N–H and O–H groups in total. The van der Waals surface area contributed by atoms with Crippen LogP contribution in [0, 0.1) is 30.6 Å². The molecule has 2 bridgehead atoms. The first-order chi connectivity index (χ1) is 16.8. The molecule has 1 saturated carbocycles. The van der Waals surface area contributed by atoms with E-state index >= 15 is 0 Å². The maximum atomic E-state index is 13.0. The Bertz CT molecular complexity index is 1370. The number of halogens is 1. The number of carboxylic acids is 1. The lowest BCUT2D eigenvalue weighted by Crippen LogP contribution is -2.36. The Morgan fingerprint density at radius 3 is 2.54 bits per heavy atom. The SMILES string of the molecule is Cc1ccc(NC(=O)CSc2nc3ccc(NC(=O)[C@H]4[C@H](C(=O)O)[C@H]5C=C[C@H]4C5)cc3s2)cc1Cl. The van der Waals surface area contributed by atoms with Crippen LogP contribution in [0.1, 0.15) is 12.0 Å². The highest BCUT2D eigenvalue weighted by atomic mass is 35.5. The van der Waals surface area contributed by atoms with Crippen molar-refractivity contribution in [2.75, 3.05) is 16.4 Å². The van der Waals surface area contributed by atoms with Gasteiger partial charge >= 0.3 is 5.97 Å². The molecule has 2 aliphatic carbocycles. The van der Waals surface area contributed by atoms with Crippen LogP contribution in [0.2, 0.25) is 5.02 Å². The summed E-state index contributed by atoms with van der Waals surface area (Å²) in [4.78, 5) is 41.6. The number of carboxylic acid groups (broad SMARTS) is 1. The molecule has 35 heavy (non-hydrogen) atoms. The normalized spacial score (nSPS) is 22.5. The van der Waals surface area contributed by atoms with Gasteiger partial charge in [-0.1, -0.05) is 41.6 Å². The molecule has 10 heteroatoms. The summed E-state index contributed by atoms with van der Waals surface area (Å²) in [7, 11) is 0. The number of aliphatic carboxylic acids is 1. The number of anilines is 2. The predicted octanol–water partition coefficient (Wildman–Crippen LogP) is 5.45. The molecule has 7 nitrogen and oxygen atoms in total. The number of aromatic nitrogens is 1. The van der Waals surface area contributed by atoms with Gasteiger partial charge in [0.15, 0.2) is 4.34 Å². The summed E-state index contributed by atoms with van der Waals surface area (Å²) in [6.45, 7) is 1.90. The second-order valence-electron chi connectivity index (χ2n) is 8.79. The minimum absolute atomic E-state index is 0.0293. The number of benzene rings is 2. The van der Waals surface area contributed by atoms with Crippen molar-refractivity contribution in [2.45, 2.75) is 17.7 Å². The van der Waals surface area contributed by atoms with Crippen LogP contribution >= 0.6 is 34.7 Å². The van der Waals surface area contributed by atoms with Crippen LogP contribution in [0.3, 0.4) is 0 Å². The first kappa shape index (κ1) is 23.8. The molecule has 5 rings (SSSR count). The number of hydrogen-bond acceptors (Lipinski definition) is 6. The fraction of sp³-hybridized carbons (Fsp3) is 0.280. The van der Waals surface area contributed by atoms with Gasteiger partial charge in [0.2, 0.25) is 11.8 Å². The number of thioether (sulfide) groups is 1. The zero-order chi connectivity index (χ0) is 24.7. The zero-order valence-electron chi connectivity index (χ0n) is 18.7. The van der Waals surface area contributed by atoms with Crippen LogP contribution in [0.5, 0.6) is 0 Å². The van der Waals surface area contributed by atoms with Gasteiger partial charge in [-0.15, -0.1) is 11.3 Å². The van der Waals surface area contributed by atoms with E-state index in [0.717, 1.165) is 20.1 Å². The lowest BCUT2D eigenvalue weighted by atomic mass is 9.82. The summed E-state index contributed by atoms with van der Waals surface area (Å²) in [6, 6.07) is 10.8. The highest BCUT2D eigenvalue weighted by Gasteiger charge is 2.51. The number of hydrogen-bond donors (Lipinski definition) is 3. The van der Waals surface area contributed by atoms with Crippen molar-refractivity contribution >= 4 is 74.1 Å². The summed E-state index contributed by atoms with van der Waals surface area (Å²) in [6.07, 6.45) is 4.61. The van der Waals surface area contributed by atoms with Gasteiger partial charge in [0.05, 0.1) is 27.8 Å². The molecule has 1 fully saturated rings. The van der Waals surface area contributed by atoms with E-state index in [2.05, 4.69) is 15.6 Å². The third-order valence-corrected chi connectivity index (χ3v) is 9.03. The molecule has 0 spiro atoms. The minimum atomic E-state index is -0.920. The molecule has 2 aromatic carbocycles. The second-order valence-corrected chi connectivity index (χ2v) is 11.5. The smallest absolute Gasteiger partial charge is 0.307 e. The molecule has 4 atom stereocenters. The van der Waals surface area contributed by atoms with E-state index in [1.54, 1.807) is 12.1 Å². The van der Waals surface area contributed by atoms with Gasteiger partial charge in [0.25, 0.3) is 0 Å². The van der Waals surface area contributed by atoms with Gasteiger partial charge in [0, 0.05) is 16.4 Å². The van der Waals surface area contributed by atoms with Crippen molar-refractivity contribution in [3.05, 3.63) is 59.1 Å². The van der Waals surface area contributed by atoms with E-state index in [1.165, 1.54) is 23.1 Å². The molecule has 1 aromatic heterocycles. The van der Waals surface area contributed by atoms with Crippen molar-refractivity contribution < 1.29 is 19.5 Å². The number of rotatable bonds is 7. The van der Waals surface area contributed by atoms with Crippen molar-refractivity contribution in [2.24, 2.45) is 23.7 Å². The monoisotopic (exact) mass is 527 g/mol. The standard InChI is InChI=1S/C25H22ClN3O4S2/c1-12-2-5-15(9-17(12)26)27-20(30)11-34-25-29-18-7-6-16(10-19(18)35-25)28-23(31)21-13-3-4-14(8-13)22(21)24(32)33/h2-7,9-10,13-14,21-22H,8,11H2,1H3,(H,27,30)(H,28,31)(H,32,33)/t13-,14-,21+,22+/m0/s1. The maximum Gasteiger partial charge on any atom is 0.307 e. The van der Waals surface area contributed by atoms with Gasteiger partial charge in [-0.05, 0) is 61.1 Å². The summed E-state index contributed by atoms with van der Waals surface area (Å²) in [5, 5.41) is 15.9. The van der Waals surface area contributed by atoms with Crippen LogP contribution in [0.15, 0.2) is 52.9 Å². The lowest BCUT2D eigenvalue weighted by Gasteiger charge is -2.23. The Morgan fingerprint density at radius 1 is 1.09 bits per heavy atom. The zero-order valence-corrected chi connectivity index (χ0v) is 21.0. The summed E-state index contributed by atoms with van der Waals surface area (Å²) in [5.74, 6) is -2.49. The second kappa shape index (κ2) is 9.64. The summed E-state index contributed by atoms with van der Waals surface area (Å²) < 4.78 is 1.61. The Balaban J connectivity index is 1.22. The number of nitrogens with zero attached hydrogens (tertiary/aromatic N) is 1. The molecule has 2 amide bonds. The van der Waals surface area contributed by atoms with Gasteiger partial charge in [-0.3, -0.25) is 14.4 Å². The Kier molecular flexibility index (Phi) is 6.57. The van der Waals surface area contributed by atoms with Crippen LogP contribution < -0.4 is 10.6 Å². The van der Waals surface area contributed by atoms with E-state index in [1.807, 2.05) is 43.3 Å². The van der Waals surface area contributed by atoms with Crippen molar-refractivity contribution in [3.63, 3.8) is 0 Å². The predicted molar refractivity (Wildman–Crippen MR) is 139 cm³/mol. The number of carbonyl (C=O) groups excluding carboxylic acids is 2. The molecular formula is C25H22ClN3O4S2. The fourth-order valence-electron chi connectivity index (χ4n) is 4.78. The molecule has 3 aromatic rings.